The van der Waals surface area contributed by atoms with E-state index in [-0.39, 0.29) is 0 Å². The van der Waals surface area contributed by atoms with Crippen molar-refractivity contribution in [1.82, 2.24) is 9.78 Å². The van der Waals surface area contributed by atoms with Gasteiger partial charge in [-0.25, -0.2) is 0 Å². The summed E-state index contributed by atoms with van der Waals surface area (Å²) in [7, 11) is 0. The summed E-state index contributed by atoms with van der Waals surface area (Å²) in [5.74, 6) is 0. The van der Waals surface area contributed by atoms with Gasteiger partial charge in [-0.1, -0.05) is 6.92 Å². The maximum absolute atomic E-state index is 9.80. The molecule has 1 rings (SSSR count). The van der Waals surface area contributed by atoms with Gasteiger partial charge in [0.25, 0.3) is 0 Å². The van der Waals surface area contributed by atoms with Crippen LogP contribution in [-0.4, -0.2) is 28.1 Å². The van der Waals surface area contributed by atoms with Crippen LogP contribution in [0.2, 0.25) is 0 Å². The Labute approximate surface area is 90.9 Å². The van der Waals surface area contributed by atoms with Gasteiger partial charge in [0.05, 0.1) is 12.3 Å². The summed E-state index contributed by atoms with van der Waals surface area (Å²) in [5.41, 5.74) is 0.872. The third-order valence-electron chi connectivity index (χ3n) is 2.25. The zero-order valence-electron chi connectivity index (χ0n) is 9.52. The normalized spacial score (nSPS) is 13.0. The molecule has 0 radical (unpaired) electrons. The molecule has 0 saturated heterocycles. The molecule has 15 heavy (non-hydrogen) atoms. The summed E-state index contributed by atoms with van der Waals surface area (Å²) in [6, 6.07) is 0. The Hall–Kier alpha value is -0.870. The number of hydrogen-bond acceptors (Lipinski definition) is 3. The molecule has 0 saturated carbocycles. The van der Waals surface area contributed by atoms with Crippen LogP contribution in [-0.2, 0) is 11.3 Å². The number of rotatable bonds is 7. The number of nitrogens with zero attached hydrogens (tertiary/aromatic N) is 2. The number of aromatic nitrogens is 2. The van der Waals surface area contributed by atoms with Crippen molar-refractivity contribution in [3.63, 3.8) is 0 Å². The highest BCUT2D eigenvalue weighted by Gasteiger charge is 2.09. The van der Waals surface area contributed by atoms with Gasteiger partial charge in [-0.3, -0.25) is 4.68 Å². The minimum Gasteiger partial charge on any atom is -0.388 e. The summed E-state index contributed by atoms with van der Waals surface area (Å²) in [4.78, 5) is 0. The fourth-order valence-corrected chi connectivity index (χ4v) is 1.33. The number of aryl methyl sites for hydroxylation is 1. The van der Waals surface area contributed by atoms with E-state index in [1.54, 1.807) is 6.20 Å². The molecule has 0 aliphatic rings. The Bertz CT molecular complexity index is 273. The first-order chi connectivity index (χ1) is 7.27. The summed E-state index contributed by atoms with van der Waals surface area (Å²) in [6.07, 6.45) is 4.79. The third-order valence-corrected chi connectivity index (χ3v) is 2.25. The van der Waals surface area contributed by atoms with E-state index < -0.39 is 6.10 Å². The highest BCUT2D eigenvalue weighted by Crippen LogP contribution is 2.15. The first-order valence-corrected chi connectivity index (χ1v) is 5.56. The van der Waals surface area contributed by atoms with Crippen molar-refractivity contribution in [2.75, 3.05) is 13.2 Å². The van der Waals surface area contributed by atoms with Crippen LogP contribution in [0.25, 0.3) is 0 Å². The van der Waals surface area contributed by atoms with Crippen molar-refractivity contribution >= 4 is 0 Å². The lowest BCUT2D eigenvalue weighted by Crippen LogP contribution is -2.03. The molecule has 86 valence electrons. The van der Waals surface area contributed by atoms with E-state index >= 15 is 0 Å². The maximum atomic E-state index is 9.80. The number of hydrogen-bond donors (Lipinski definition) is 1. The van der Waals surface area contributed by atoms with Gasteiger partial charge >= 0.3 is 0 Å². The van der Waals surface area contributed by atoms with Crippen LogP contribution in [0.3, 0.4) is 0 Å². The van der Waals surface area contributed by atoms with Gasteiger partial charge in [0, 0.05) is 37.9 Å². The fourth-order valence-electron chi connectivity index (χ4n) is 1.33. The lowest BCUT2D eigenvalue weighted by Gasteiger charge is -2.08. The predicted molar refractivity (Wildman–Crippen MR) is 58.6 cm³/mol. The molecule has 0 aromatic carbocycles. The van der Waals surface area contributed by atoms with E-state index in [4.69, 9.17) is 4.74 Å². The van der Waals surface area contributed by atoms with Crippen LogP contribution < -0.4 is 0 Å². The molecular weight excluding hydrogens is 192 g/mol. The van der Waals surface area contributed by atoms with Gasteiger partial charge in [0.1, 0.15) is 0 Å². The molecule has 0 bridgehead atoms. The first kappa shape index (κ1) is 12.2. The zero-order valence-corrected chi connectivity index (χ0v) is 9.52. The van der Waals surface area contributed by atoms with E-state index in [1.165, 1.54) is 0 Å². The van der Waals surface area contributed by atoms with Crippen LogP contribution in [0, 0.1) is 0 Å². The van der Waals surface area contributed by atoms with Crippen molar-refractivity contribution in [2.45, 2.75) is 39.3 Å². The van der Waals surface area contributed by atoms with Gasteiger partial charge in [0.2, 0.25) is 0 Å². The Balaban J connectivity index is 2.29. The van der Waals surface area contributed by atoms with E-state index in [2.05, 4.69) is 12.0 Å². The number of ether oxygens (including phenoxy) is 1. The standard InChI is InChI=1S/C11H20N2O2/c1-3-6-15-7-5-11(14)10-8-12-13(4-2)9-10/h8-9,11,14H,3-7H2,1-2H3. The minimum atomic E-state index is -0.456. The minimum absolute atomic E-state index is 0.456. The van der Waals surface area contributed by atoms with Crippen LogP contribution in [0.15, 0.2) is 12.4 Å². The highest BCUT2D eigenvalue weighted by atomic mass is 16.5. The topological polar surface area (TPSA) is 47.3 Å². The second kappa shape index (κ2) is 6.58. The van der Waals surface area contributed by atoms with Crippen LogP contribution in [0.1, 0.15) is 38.4 Å². The van der Waals surface area contributed by atoms with E-state index in [9.17, 15) is 5.11 Å². The average Bonchev–Trinajstić information content (AvgIpc) is 2.72. The van der Waals surface area contributed by atoms with E-state index in [1.807, 2.05) is 17.8 Å². The monoisotopic (exact) mass is 212 g/mol. The molecule has 1 aromatic rings. The number of aliphatic hydroxyl groups excluding tert-OH is 1. The molecule has 0 amide bonds. The average molecular weight is 212 g/mol. The fraction of sp³-hybridized carbons (Fsp3) is 0.727. The van der Waals surface area contributed by atoms with Gasteiger partial charge in [-0.05, 0) is 13.3 Å². The predicted octanol–water partition coefficient (Wildman–Crippen LogP) is 1.75. The van der Waals surface area contributed by atoms with Crippen molar-refractivity contribution in [2.24, 2.45) is 0 Å². The SMILES string of the molecule is CCCOCCC(O)c1cnn(CC)c1. The van der Waals surface area contributed by atoms with E-state index in [0.717, 1.165) is 25.1 Å². The van der Waals surface area contributed by atoms with Gasteiger partial charge in [-0.15, -0.1) is 0 Å². The van der Waals surface area contributed by atoms with Crippen molar-refractivity contribution in [3.8, 4) is 0 Å². The molecule has 0 aliphatic carbocycles. The molecule has 4 heteroatoms. The van der Waals surface area contributed by atoms with E-state index in [0.29, 0.717) is 13.0 Å². The highest BCUT2D eigenvalue weighted by molar-refractivity contribution is 5.07. The molecule has 1 unspecified atom stereocenters. The van der Waals surface area contributed by atoms with Crippen molar-refractivity contribution in [1.29, 1.82) is 0 Å². The molecule has 1 N–H and O–H groups in total. The Morgan fingerprint density at radius 1 is 1.47 bits per heavy atom. The van der Waals surface area contributed by atoms with Crippen LogP contribution in [0.5, 0.6) is 0 Å². The second-order valence-corrected chi connectivity index (χ2v) is 3.55. The summed E-state index contributed by atoms with van der Waals surface area (Å²) in [6.45, 7) is 6.29. The third kappa shape index (κ3) is 4.01. The second-order valence-electron chi connectivity index (χ2n) is 3.55. The van der Waals surface area contributed by atoms with Crippen LogP contribution >= 0.6 is 0 Å². The lowest BCUT2D eigenvalue weighted by molar-refractivity contribution is 0.0822. The molecule has 1 atom stereocenters. The van der Waals surface area contributed by atoms with Crippen molar-refractivity contribution in [3.05, 3.63) is 18.0 Å². The zero-order chi connectivity index (χ0) is 11.1. The first-order valence-electron chi connectivity index (χ1n) is 5.56. The van der Waals surface area contributed by atoms with Gasteiger partial charge < -0.3 is 9.84 Å². The van der Waals surface area contributed by atoms with Crippen molar-refractivity contribution < 1.29 is 9.84 Å². The lowest BCUT2D eigenvalue weighted by atomic mass is 10.1. The van der Waals surface area contributed by atoms with Crippen LogP contribution in [0.4, 0.5) is 0 Å². The molecule has 0 spiro atoms. The number of aliphatic hydroxyl groups is 1. The molecule has 4 nitrogen and oxygen atoms in total. The maximum Gasteiger partial charge on any atom is 0.0842 e. The molecule has 1 aromatic heterocycles. The summed E-state index contributed by atoms with van der Waals surface area (Å²) >= 11 is 0. The molecular formula is C11H20N2O2. The largest absolute Gasteiger partial charge is 0.388 e. The molecule has 0 aliphatic heterocycles. The van der Waals surface area contributed by atoms with Gasteiger partial charge in [-0.2, -0.15) is 5.10 Å². The molecule has 0 fully saturated rings. The summed E-state index contributed by atoms with van der Waals surface area (Å²) in [5, 5.41) is 13.9. The smallest absolute Gasteiger partial charge is 0.0842 e. The Kier molecular flexibility index (Phi) is 5.36. The quantitative estimate of drug-likeness (QED) is 0.700. The molecule has 1 heterocycles. The Morgan fingerprint density at radius 3 is 2.87 bits per heavy atom. The summed E-state index contributed by atoms with van der Waals surface area (Å²) < 4.78 is 7.13. The Morgan fingerprint density at radius 2 is 2.27 bits per heavy atom. The van der Waals surface area contributed by atoms with Gasteiger partial charge in [0.15, 0.2) is 0 Å².